The molecule has 0 aliphatic rings. The number of nitrogens with two attached hydrogens (primary N) is 1. The first kappa shape index (κ1) is 17.5. The first-order valence-corrected chi connectivity index (χ1v) is 7.43. The second kappa shape index (κ2) is 8.61. The van der Waals surface area contributed by atoms with Crippen molar-refractivity contribution in [3.63, 3.8) is 0 Å². The molecule has 0 rings (SSSR count). The van der Waals surface area contributed by atoms with Crippen LogP contribution < -0.4 is 21.7 Å². The Bertz CT molecular complexity index is 206. The van der Waals surface area contributed by atoms with E-state index in [0.29, 0.717) is 12.3 Å². The van der Waals surface area contributed by atoms with Gasteiger partial charge >= 0.3 is 0 Å². The molecule has 0 bridgehead atoms. The minimum Gasteiger partial charge on any atom is -0.314 e. The van der Waals surface area contributed by atoms with Gasteiger partial charge in [-0.15, -0.1) is 0 Å². The highest BCUT2D eigenvalue weighted by molar-refractivity contribution is 7.80. The van der Waals surface area contributed by atoms with Crippen LogP contribution >= 0.6 is 25.3 Å². The molecule has 0 spiro atoms. The average molecular weight is 281 g/mol. The Morgan fingerprint density at radius 2 is 1.65 bits per heavy atom. The number of rotatable bonds is 10. The van der Waals surface area contributed by atoms with Crippen LogP contribution in [0.25, 0.3) is 0 Å². The lowest BCUT2D eigenvalue weighted by Crippen LogP contribution is -2.66. The predicted molar refractivity (Wildman–Crippen MR) is 83.3 cm³/mol. The van der Waals surface area contributed by atoms with Crippen molar-refractivity contribution in [3.05, 3.63) is 0 Å². The molecule has 0 unspecified atom stereocenters. The smallest absolute Gasteiger partial charge is 0.0880 e. The lowest BCUT2D eigenvalue weighted by atomic mass is 10.0. The van der Waals surface area contributed by atoms with Crippen molar-refractivity contribution < 1.29 is 0 Å². The molecule has 0 aliphatic heterocycles. The van der Waals surface area contributed by atoms with Gasteiger partial charge in [-0.05, 0) is 20.0 Å². The van der Waals surface area contributed by atoms with E-state index < -0.39 is 5.66 Å². The lowest BCUT2D eigenvalue weighted by molar-refractivity contribution is 0.295. The SMILES string of the molecule is CCNC[C@@](N)(CS)NC[C@@](C)(CS)NCC. The molecular weight excluding hydrogens is 252 g/mol. The van der Waals surface area contributed by atoms with E-state index in [1.807, 2.05) is 0 Å². The molecule has 4 nitrogen and oxygen atoms in total. The zero-order valence-corrected chi connectivity index (χ0v) is 13.0. The minimum atomic E-state index is -0.473. The summed E-state index contributed by atoms with van der Waals surface area (Å²) < 4.78 is 0. The molecule has 0 saturated heterocycles. The highest BCUT2D eigenvalue weighted by Crippen LogP contribution is 2.07. The van der Waals surface area contributed by atoms with E-state index in [2.05, 4.69) is 62.0 Å². The number of nitrogens with one attached hydrogen (secondary N) is 3. The van der Waals surface area contributed by atoms with E-state index >= 15 is 0 Å². The second-order valence-corrected chi connectivity index (χ2v) is 5.33. The van der Waals surface area contributed by atoms with Gasteiger partial charge in [-0.1, -0.05) is 13.8 Å². The van der Waals surface area contributed by atoms with Crippen molar-refractivity contribution in [1.82, 2.24) is 16.0 Å². The van der Waals surface area contributed by atoms with E-state index in [-0.39, 0.29) is 5.54 Å². The van der Waals surface area contributed by atoms with E-state index in [4.69, 9.17) is 5.73 Å². The van der Waals surface area contributed by atoms with Gasteiger partial charge in [0.1, 0.15) is 0 Å². The van der Waals surface area contributed by atoms with Crippen molar-refractivity contribution >= 4 is 25.3 Å². The summed E-state index contributed by atoms with van der Waals surface area (Å²) in [5.41, 5.74) is 5.72. The Balaban J connectivity index is 4.27. The van der Waals surface area contributed by atoms with Crippen LogP contribution in [0.1, 0.15) is 20.8 Å². The fraction of sp³-hybridized carbons (Fsp3) is 1.00. The summed E-state index contributed by atoms with van der Waals surface area (Å²) in [6.45, 7) is 9.61. The van der Waals surface area contributed by atoms with E-state index in [0.717, 1.165) is 25.4 Å². The zero-order valence-electron chi connectivity index (χ0n) is 11.2. The van der Waals surface area contributed by atoms with Gasteiger partial charge in [0, 0.05) is 30.1 Å². The van der Waals surface area contributed by atoms with Gasteiger partial charge in [-0.2, -0.15) is 25.3 Å². The normalized spacial score (nSPS) is 18.7. The molecule has 5 N–H and O–H groups in total. The van der Waals surface area contributed by atoms with Crippen LogP contribution in [0, 0.1) is 0 Å². The molecule has 6 heteroatoms. The first-order valence-electron chi connectivity index (χ1n) is 6.16. The van der Waals surface area contributed by atoms with Gasteiger partial charge in [0.2, 0.25) is 0 Å². The maximum absolute atomic E-state index is 6.24. The highest BCUT2D eigenvalue weighted by atomic mass is 32.1. The fourth-order valence-corrected chi connectivity index (χ4v) is 1.94. The molecule has 0 aliphatic carbocycles. The summed E-state index contributed by atoms with van der Waals surface area (Å²) in [5.74, 6) is 1.35. The van der Waals surface area contributed by atoms with Gasteiger partial charge in [0.15, 0.2) is 0 Å². The Morgan fingerprint density at radius 3 is 2.06 bits per heavy atom. The van der Waals surface area contributed by atoms with Crippen LogP contribution in [0.3, 0.4) is 0 Å². The van der Waals surface area contributed by atoms with Crippen LogP contribution in [0.4, 0.5) is 0 Å². The molecular formula is C11H28N4S2. The third-order valence-electron chi connectivity index (χ3n) is 2.76. The Morgan fingerprint density at radius 1 is 1.00 bits per heavy atom. The molecule has 0 radical (unpaired) electrons. The Hall–Kier alpha value is 0.540. The number of likely N-dealkylation sites (N-methyl/N-ethyl adjacent to an activating group) is 2. The molecule has 0 aromatic rings. The summed E-state index contributed by atoms with van der Waals surface area (Å²) in [4.78, 5) is 0. The third-order valence-corrected chi connectivity index (χ3v) is 4.02. The van der Waals surface area contributed by atoms with Crippen LogP contribution in [0.15, 0.2) is 0 Å². The van der Waals surface area contributed by atoms with Crippen LogP contribution in [0.5, 0.6) is 0 Å². The van der Waals surface area contributed by atoms with Crippen LogP contribution in [0.2, 0.25) is 0 Å². The molecule has 0 amide bonds. The summed E-state index contributed by atoms with van der Waals surface area (Å²) in [5, 5.41) is 10.1. The summed E-state index contributed by atoms with van der Waals surface area (Å²) in [6, 6.07) is 0. The van der Waals surface area contributed by atoms with Gasteiger partial charge in [-0.25, -0.2) is 0 Å². The fourth-order valence-electron chi connectivity index (χ4n) is 1.49. The summed E-state index contributed by atoms with van der Waals surface area (Å²) in [6.07, 6.45) is 0. The average Bonchev–Trinajstić information content (AvgIpc) is 2.34. The van der Waals surface area contributed by atoms with Gasteiger partial charge < -0.3 is 16.4 Å². The monoisotopic (exact) mass is 280 g/mol. The van der Waals surface area contributed by atoms with E-state index in [1.165, 1.54) is 0 Å². The van der Waals surface area contributed by atoms with Crippen molar-refractivity contribution in [2.24, 2.45) is 5.73 Å². The maximum Gasteiger partial charge on any atom is 0.0880 e. The zero-order chi connectivity index (χ0) is 13.4. The largest absolute Gasteiger partial charge is 0.314 e. The third kappa shape index (κ3) is 6.88. The van der Waals surface area contributed by atoms with Gasteiger partial charge in [-0.3, -0.25) is 5.32 Å². The van der Waals surface area contributed by atoms with Gasteiger partial charge in [0.05, 0.1) is 5.66 Å². The van der Waals surface area contributed by atoms with Crippen molar-refractivity contribution in [3.8, 4) is 0 Å². The molecule has 104 valence electrons. The number of thiol groups is 2. The molecule has 17 heavy (non-hydrogen) atoms. The van der Waals surface area contributed by atoms with Crippen molar-refractivity contribution in [2.45, 2.75) is 32.0 Å². The Labute approximate surface area is 117 Å². The topological polar surface area (TPSA) is 62.1 Å². The molecule has 0 heterocycles. The molecule has 0 aromatic carbocycles. The minimum absolute atomic E-state index is 0.0440. The molecule has 2 atom stereocenters. The lowest BCUT2D eigenvalue weighted by Gasteiger charge is -2.36. The maximum atomic E-state index is 6.24. The van der Waals surface area contributed by atoms with E-state index in [9.17, 15) is 0 Å². The Kier molecular flexibility index (Phi) is 8.88. The number of hydrogen-bond acceptors (Lipinski definition) is 6. The van der Waals surface area contributed by atoms with E-state index in [1.54, 1.807) is 0 Å². The van der Waals surface area contributed by atoms with Gasteiger partial charge in [0.25, 0.3) is 0 Å². The highest BCUT2D eigenvalue weighted by Gasteiger charge is 2.27. The second-order valence-electron chi connectivity index (χ2n) is 4.70. The quantitative estimate of drug-likeness (QED) is 0.253. The number of hydrogen-bond donors (Lipinski definition) is 6. The predicted octanol–water partition coefficient (Wildman–Crippen LogP) is 0.0683. The van der Waals surface area contributed by atoms with Crippen molar-refractivity contribution in [1.29, 1.82) is 0 Å². The van der Waals surface area contributed by atoms with Crippen LogP contribution in [-0.4, -0.2) is 48.9 Å². The summed E-state index contributed by atoms with van der Waals surface area (Å²) in [7, 11) is 0. The molecule has 0 aromatic heterocycles. The van der Waals surface area contributed by atoms with Crippen molar-refractivity contribution in [2.75, 3.05) is 37.7 Å². The molecule has 0 fully saturated rings. The standard InChI is InChI=1S/C11H28N4S2/c1-4-13-7-11(12,9-17)15-6-10(3,8-16)14-5-2/h13-17H,4-9,12H2,1-3H3/t10-,11-/m0/s1. The summed E-state index contributed by atoms with van der Waals surface area (Å²) >= 11 is 8.71. The van der Waals surface area contributed by atoms with Crippen LogP contribution in [-0.2, 0) is 0 Å². The first-order chi connectivity index (χ1) is 7.95. The molecule has 0 saturated carbocycles.